The average Bonchev–Trinajstić information content (AvgIpc) is 2.83. The number of halogens is 3. The van der Waals surface area contributed by atoms with Crippen molar-refractivity contribution in [3.8, 4) is 0 Å². The smallest absolute Gasteiger partial charge is 0.345 e. The summed E-state index contributed by atoms with van der Waals surface area (Å²) in [6.45, 7) is 0.0255. The molecular formula is C12H12F3N3O2S. The van der Waals surface area contributed by atoms with Crippen molar-refractivity contribution in [2.24, 2.45) is 0 Å². The monoisotopic (exact) mass is 319 g/mol. The molecule has 0 aromatic carbocycles. The molecule has 0 aliphatic carbocycles. The lowest BCUT2D eigenvalue weighted by molar-refractivity contribution is -0.138. The molecule has 0 aliphatic heterocycles. The van der Waals surface area contributed by atoms with Crippen LogP contribution in [-0.2, 0) is 17.8 Å². The maximum absolute atomic E-state index is 12.1. The normalized spacial score (nSPS) is 11.8. The maximum Gasteiger partial charge on any atom is 0.405 e. The molecule has 1 N–H and O–H groups in total. The summed E-state index contributed by atoms with van der Waals surface area (Å²) in [6.07, 6.45) is -2.55. The number of aryl methyl sites for hydroxylation is 1. The topological polar surface area (TPSA) is 64.0 Å². The van der Waals surface area contributed by atoms with E-state index < -0.39 is 30.7 Å². The van der Waals surface area contributed by atoms with Gasteiger partial charge in [0.2, 0.25) is 5.91 Å². The van der Waals surface area contributed by atoms with Crippen molar-refractivity contribution in [2.75, 3.05) is 6.54 Å². The van der Waals surface area contributed by atoms with Crippen LogP contribution in [0.15, 0.2) is 17.2 Å². The Bertz CT molecular complexity index is 721. The van der Waals surface area contributed by atoms with Gasteiger partial charge in [-0.3, -0.25) is 14.2 Å². The Morgan fingerprint density at radius 3 is 2.81 bits per heavy atom. The summed E-state index contributed by atoms with van der Waals surface area (Å²) in [5.74, 6) is -0.887. The molecule has 0 radical (unpaired) electrons. The Morgan fingerprint density at radius 1 is 1.48 bits per heavy atom. The van der Waals surface area contributed by atoms with Crippen molar-refractivity contribution >= 4 is 27.5 Å². The molecule has 0 aliphatic rings. The summed E-state index contributed by atoms with van der Waals surface area (Å²) < 4.78 is 37.0. The molecule has 0 atom stereocenters. The van der Waals surface area contributed by atoms with Gasteiger partial charge in [0.1, 0.15) is 17.9 Å². The number of alkyl halides is 3. The van der Waals surface area contributed by atoms with Crippen LogP contribution in [0, 0.1) is 0 Å². The molecule has 5 nitrogen and oxygen atoms in total. The summed E-state index contributed by atoms with van der Waals surface area (Å²) in [7, 11) is 0. The van der Waals surface area contributed by atoms with Crippen LogP contribution in [0.5, 0.6) is 0 Å². The highest BCUT2D eigenvalue weighted by Crippen LogP contribution is 2.20. The van der Waals surface area contributed by atoms with E-state index in [4.69, 9.17) is 0 Å². The molecular weight excluding hydrogens is 307 g/mol. The molecule has 114 valence electrons. The molecule has 0 saturated heterocycles. The number of nitrogens with zero attached hydrogens (tertiary/aromatic N) is 2. The quantitative estimate of drug-likeness (QED) is 0.933. The van der Waals surface area contributed by atoms with Crippen molar-refractivity contribution in [3.63, 3.8) is 0 Å². The van der Waals surface area contributed by atoms with Gasteiger partial charge in [-0.1, -0.05) is 6.92 Å². The first-order chi connectivity index (χ1) is 9.80. The van der Waals surface area contributed by atoms with Gasteiger partial charge < -0.3 is 5.32 Å². The highest BCUT2D eigenvalue weighted by atomic mass is 32.1. The number of rotatable bonds is 4. The molecule has 1 amide bonds. The number of hydrogen-bond acceptors (Lipinski definition) is 4. The van der Waals surface area contributed by atoms with E-state index >= 15 is 0 Å². The summed E-state index contributed by atoms with van der Waals surface area (Å²) in [4.78, 5) is 29.1. The SMILES string of the molecule is CCc1cc2c(=O)n(CC(=O)NCC(F)(F)F)cnc2s1. The van der Waals surface area contributed by atoms with Gasteiger partial charge in [-0.15, -0.1) is 11.3 Å². The molecule has 0 fully saturated rings. The van der Waals surface area contributed by atoms with E-state index in [9.17, 15) is 22.8 Å². The Balaban J connectivity index is 2.17. The van der Waals surface area contributed by atoms with Crippen LogP contribution >= 0.6 is 11.3 Å². The second-order valence-electron chi connectivity index (χ2n) is 4.35. The molecule has 0 spiro atoms. The van der Waals surface area contributed by atoms with E-state index in [0.717, 1.165) is 15.9 Å². The Kier molecular flexibility index (Phi) is 4.31. The van der Waals surface area contributed by atoms with E-state index in [1.54, 1.807) is 11.4 Å². The average molecular weight is 319 g/mol. The van der Waals surface area contributed by atoms with E-state index in [1.807, 2.05) is 6.92 Å². The zero-order chi connectivity index (χ0) is 15.6. The molecule has 0 unspecified atom stereocenters. The van der Waals surface area contributed by atoms with Crippen molar-refractivity contribution in [1.29, 1.82) is 0 Å². The minimum Gasteiger partial charge on any atom is -0.345 e. The first kappa shape index (κ1) is 15.5. The molecule has 2 aromatic rings. The summed E-state index contributed by atoms with van der Waals surface area (Å²) in [5, 5.41) is 2.09. The van der Waals surface area contributed by atoms with Crippen LogP contribution in [0.25, 0.3) is 10.2 Å². The zero-order valence-corrected chi connectivity index (χ0v) is 11.8. The van der Waals surface area contributed by atoms with Gasteiger partial charge in [-0.2, -0.15) is 13.2 Å². The molecule has 2 heterocycles. The number of nitrogens with one attached hydrogen (secondary N) is 1. The summed E-state index contributed by atoms with van der Waals surface area (Å²) in [6, 6.07) is 1.69. The molecule has 0 bridgehead atoms. The Hall–Kier alpha value is -1.90. The summed E-state index contributed by atoms with van der Waals surface area (Å²) >= 11 is 1.38. The zero-order valence-electron chi connectivity index (χ0n) is 11.0. The van der Waals surface area contributed by atoms with Gasteiger partial charge >= 0.3 is 6.18 Å². The number of aromatic nitrogens is 2. The number of carbonyl (C=O) groups excluding carboxylic acids is 1. The van der Waals surface area contributed by atoms with E-state index in [0.29, 0.717) is 10.2 Å². The third-order valence-electron chi connectivity index (χ3n) is 2.72. The van der Waals surface area contributed by atoms with Crippen molar-refractivity contribution < 1.29 is 18.0 Å². The first-order valence-corrected chi connectivity index (χ1v) is 6.93. The second-order valence-corrected chi connectivity index (χ2v) is 5.47. The van der Waals surface area contributed by atoms with Crippen LogP contribution in [0.4, 0.5) is 13.2 Å². The largest absolute Gasteiger partial charge is 0.405 e. The first-order valence-electron chi connectivity index (χ1n) is 6.11. The predicted molar refractivity (Wildman–Crippen MR) is 72.3 cm³/mol. The fourth-order valence-corrected chi connectivity index (χ4v) is 2.63. The van der Waals surface area contributed by atoms with Gasteiger partial charge in [0.15, 0.2) is 0 Å². The van der Waals surface area contributed by atoms with Gasteiger partial charge in [-0.05, 0) is 12.5 Å². The Labute approximate surface area is 121 Å². The lowest BCUT2D eigenvalue weighted by atomic mass is 10.3. The van der Waals surface area contributed by atoms with Crippen molar-refractivity contribution in [2.45, 2.75) is 26.1 Å². The maximum atomic E-state index is 12.1. The molecule has 9 heteroatoms. The van der Waals surface area contributed by atoms with Crippen LogP contribution in [0.3, 0.4) is 0 Å². The van der Waals surface area contributed by atoms with Gasteiger partial charge in [-0.25, -0.2) is 4.98 Å². The van der Waals surface area contributed by atoms with Crippen LogP contribution in [-0.4, -0.2) is 28.2 Å². The fourth-order valence-electron chi connectivity index (χ4n) is 1.71. The highest BCUT2D eigenvalue weighted by molar-refractivity contribution is 7.18. The number of hydrogen-bond donors (Lipinski definition) is 1. The minimum absolute atomic E-state index is 0.378. The van der Waals surface area contributed by atoms with Gasteiger partial charge in [0.05, 0.1) is 11.7 Å². The number of amides is 1. The number of carbonyl (C=O) groups is 1. The minimum atomic E-state index is -4.48. The second kappa shape index (κ2) is 5.84. The van der Waals surface area contributed by atoms with Crippen LogP contribution in [0.2, 0.25) is 0 Å². The molecule has 0 saturated carbocycles. The summed E-state index contributed by atoms with van der Waals surface area (Å²) in [5.41, 5.74) is -0.432. The van der Waals surface area contributed by atoms with E-state index in [1.165, 1.54) is 17.7 Å². The molecule has 2 rings (SSSR count). The molecule has 2 aromatic heterocycles. The van der Waals surface area contributed by atoms with E-state index in [-0.39, 0.29) is 0 Å². The van der Waals surface area contributed by atoms with Crippen molar-refractivity contribution in [1.82, 2.24) is 14.9 Å². The predicted octanol–water partition coefficient (Wildman–Crippen LogP) is 1.70. The Morgan fingerprint density at radius 2 is 2.19 bits per heavy atom. The standard InChI is InChI=1S/C12H12F3N3O2S/c1-2-7-3-8-10(21-7)17-6-18(11(8)20)4-9(19)16-5-12(13,14)15/h3,6H,2,4-5H2,1H3,(H,16,19). The number of fused-ring (bicyclic) bond motifs is 1. The highest BCUT2D eigenvalue weighted by Gasteiger charge is 2.27. The van der Waals surface area contributed by atoms with Crippen molar-refractivity contribution in [3.05, 3.63) is 27.6 Å². The lowest BCUT2D eigenvalue weighted by Crippen LogP contribution is -2.37. The van der Waals surface area contributed by atoms with Gasteiger partial charge in [0, 0.05) is 4.88 Å². The third kappa shape index (κ3) is 3.81. The third-order valence-corrected chi connectivity index (χ3v) is 3.90. The number of thiophene rings is 1. The fraction of sp³-hybridized carbons (Fsp3) is 0.417. The van der Waals surface area contributed by atoms with Gasteiger partial charge in [0.25, 0.3) is 5.56 Å². The van der Waals surface area contributed by atoms with Crippen LogP contribution < -0.4 is 10.9 Å². The lowest BCUT2D eigenvalue weighted by Gasteiger charge is -2.09. The van der Waals surface area contributed by atoms with E-state index in [2.05, 4.69) is 4.98 Å². The van der Waals surface area contributed by atoms with Crippen LogP contribution in [0.1, 0.15) is 11.8 Å². The molecule has 21 heavy (non-hydrogen) atoms.